The van der Waals surface area contributed by atoms with Gasteiger partial charge in [0.25, 0.3) is 0 Å². The highest BCUT2D eigenvalue weighted by Gasteiger charge is 2.31. The van der Waals surface area contributed by atoms with Gasteiger partial charge in [0.2, 0.25) is 5.91 Å². The molecule has 0 heterocycles. The van der Waals surface area contributed by atoms with E-state index < -0.39 is 0 Å². The van der Waals surface area contributed by atoms with Crippen LogP contribution in [0.15, 0.2) is 24.3 Å². The molecule has 1 aliphatic rings. The summed E-state index contributed by atoms with van der Waals surface area (Å²) in [6.45, 7) is 7.85. The van der Waals surface area contributed by atoms with Crippen molar-refractivity contribution in [3.63, 3.8) is 0 Å². The third-order valence-electron chi connectivity index (χ3n) is 4.59. The third-order valence-corrected chi connectivity index (χ3v) is 4.59. The molecule has 2 rings (SSSR count). The van der Waals surface area contributed by atoms with Crippen molar-refractivity contribution in [2.75, 3.05) is 6.54 Å². The van der Waals surface area contributed by atoms with Gasteiger partial charge in [-0.15, -0.1) is 12.4 Å². The standard InChI is InChI=1S/C18H28N2O.ClH/c1-18(2,3)15-9-7-13(8-10-15)12-20-17(21)16-6-4-5-14(16)11-19;/h7-10,14,16H,4-6,11-12,19H2,1-3H3,(H,20,21);1H/t14-,16-;/m1./s1. The highest BCUT2D eigenvalue weighted by molar-refractivity contribution is 5.85. The molecule has 1 aliphatic carbocycles. The minimum absolute atomic E-state index is 0. The van der Waals surface area contributed by atoms with Crippen molar-refractivity contribution in [3.05, 3.63) is 35.4 Å². The third kappa shape index (κ3) is 4.72. The van der Waals surface area contributed by atoms with E-state index in [0.29, 0.717) is 19.0 Å². The topological polar surface area (TPSA) is 55.1 Å². The van der Waals surface area contributed by atoms with Crippen LogP contribution in [0, 0.1) is 11.8 Å². The van der Waals surface area contributed by atoms with E-state index in [-0.39, 0.29) is 29.6 Å². The first kappa shape index (κ1) is 19.0. The number of rotatable bonds is 4. The fraction of sp³-hybridized carbons (Fsp3) is 0.611. The zero-order valence-electron chi connectivity index (χ0n) is 13.9. The van der Waals surface area contributed by atoms with Crippen LogP contribution in [0.2, 0.25) is 0 Å². The van der Waals surface area contributed by atoms with E-state index in [1.165, 1.54) is 5.56 Å². The van der Waals surface area contributed by atoms with Gasteiger partial charge < -0.3 is 11.1 Å². The van der Waals surface area contributed by atoms with Gasteiger partial charge in [0.05, 0.1) is 0 Å². The molecule has 3 N–H and O–H groups in total. The maximum absolute atomic E-state index is 12.2. The van der Waals surface area contributed by atoms with Gasteiger partial charge in [0.1, 0.15) is 0 Å². The van der Waals surface area contributed by atoms with Crippen molar-refractivity contribution >= 4 is 18.3 Å². The zero-order valence-corrected chi connectivity index (χ0v) is 14.7. The lowest BCUT2D eigenvalue weighted by atomic mass is 9.87. The van der Waals surface area contributed by atoms with Crippen LogP contribution in [-0.2, 0) is 16.8 Å². The molecule has 4 heteroatoms. The Balaban J connectivity index is 0.00000242. The minimum Gasteiger partial charge on any atom is -0.352 e. The number of halogens is 1. The van der Waals surface area contributed by atoms with E-state index in [9.17, 15) is 4.79 Å². The number of carbonyl (C=O) groups is 1. The summed E-state index contributed by atoms with van der Waals surface area (Å²) < 4.78 is 0. The van der Waals surface area contributed by atoms with Crippen LogP contribution in [0.5, 0.6) is 0 Å². The van der Waals surface area contributed by atoms with Gasteiger partial charge in [-0.1, -0.05) is 51.5 Å². The summed E-state index contributed by atoms with van der Waals surface area (Å²) in [5, 5.41) is 3.07. The normalized spacial score (nSPS) is 21.3. The van der Waals surface area contributed by atoms with Gasteiger partial charge >= 0.3 is 0 Å². The van der Waals surface area contributed by atoms with Crippen LogP contribution in [0.4, 0.5) is 0 Å². The van der Waals surface area contributed by atoms with Crippen LogP contribution in [0.25, 0.3) is 0 Å². The molecule has 1 aromatic rings. The molecule has 0 spiro atoms. The van der Waals surface area contributed by atoms with Gasteiger partial charge in [0.15, 0.2) is 0 Å². The number of hydrogen-bond acceptors (Lipinski definition) is 2. The summed E-state index contributed by atoms with van der Waals surface area (Å²) in [5.41, 5.74) is 8.38. The van der Waals surface area contributed by atoms with Crippen molar-refractivity contribution in [3.8, 4) is 0 Å². The highest BCUT2D eigenvalue weighted by Crippen LogP contribution is 2.31. The van der Waals surface area contributed by atoms with Gasteiger partial charge in [0, 0.05) is 12.5 Å². The fourth-order valence-corrected chi connectivity index (χ4v) is 3.11. The Kier molecular flexibility index (Phi) is 6.89. The van der Waals surface area contributed by atoms with Crippen molar-refractivity contribution in [1.82, 2.24) is 5.32 Å². The number of nitrogens with one attached hydrogen (secondary N) is 1. The van der Waals surface area contributed by atoms with Crippen LogP contribution in [0.1, 0.15) is 51.2 Å². The summed E-state index contributed by atoms with van der Waals surface area (Å²) in [7, 11) is 0. The molecule has 1 fully saturated rings. The van der Waals surface area contributed by atoms with Crippen molar-refractivity contribution in [2.45, 2.75) is 52.0 Å². The molecule has 124 valence electrons. The molecular formula is C18H29ClN2O. The quantitative estimate of drug-likeness (QED) is 0.892. The van der Waals surface area contributed by atoms with E-state index in [4.69, 9.17) is 5.73 Å². The van der Waals surface area contributed by atoms with Crippen LogP contribution in [-0.4, -0.2) is 12.5 Å². The molecule has 1 aromatic carbocycles. The summed E-state index contributed by atoms with van der Waals surface area (Å²) in [6.07, 6.45) is 3.20. The number of carbonyl (C=O) groups excluding carboxylic acids is 1. The van der Waals surface area contributed by atoms with Gasteiger partial charge in [-0.3, -0.25) is 4.79 Å². The van der Waals surface area contributed by atoms with Gasteiger partial charge in [-0.05, 0) is 41.8 Å². The summed E-state index contributed by atoms with van der Waals surface area (Å²) in [4.78, 5) is 12.2. The minimum atomic E-state index is 0. The SMILES string of the molecule is CC(C)(C)c1ccc(CNC(=O)[C@@H]2CCC[C@@H]2CN)cc1.Cl. The number of hydrogen-bond donors (Lipinski definition) is 2. The van der Waals surface area contributed by atoms with Crippen LogP contribution >= 0.6 is 12.4 Å². The number of amides is 1. The smallest absolute Gasteiger partial charge is 0.223 e. The van der Waals surface area contributed by atoms with E-state index >= 15 is 0 Å². The summed E-state index contributed by atoms with van der Waals surface area (Å²) in [5.74, 6) is 0.653. The van der Waals surface area contributed by atoms with Gasteiger partial charge in [-0.25, -0.2) is 0 Å². The van der Waals surface area contributed by atoms with Gasteiger partial charge in [-0.2, -0.15) is 0 Å². The first-order valence-electron chi connectivity index (χ1n) is 7.99. The molecule has 0 bridgehead atoms. The Hall–Kier alpha value is -1.06. The van der Waals surface area contributed by atoms with Crippen molar-refractivity contribution in [1.29, 1.82) is 0 Å². The lowest BCUT2D eigenvalue weighted by Crippen LogP contribution is -2.34. The molecule has 1 saturated carbocycles. The second-order valence-corrected chi connectivity index (χ2v) is 7.20. The molecular weight excluding hydrogens is 296 g/mol. The number of nitrogens with two attached hydrogens (primary N) is 1. The molecule has 0 unspecified atom stereocenters. The Morgan fingerprint density at radius 1 is 1.23 bits per heavy atom. The zero-order chi connectivity index (χ0) is 15.5. The van der Waals surface area contributed by atoms with E-state index in [2.05, 4.69) is 50.4 Å². The monoisotopic (exact) mass is 324 g/mol. The molecule has 1 amide bonds. The maximum Gasteiger partial charge on any atom is 0.223 e. The van der Waals surface area contributed by atoms with E-state index in [1.807, 2.05) is 0 Å². The average molecular weight is 325 g/mol. The second kappa shape index (κ2) is 7.98. The first-order valence-corrected chi connectivity index (χ1v) is 7.99. The van der Waals surface area contributed by atoms with Crippen LogP contribution in [0.3, 0.4) is 0 Å². The molecule has 0 saturated heterocycles. The predicted octanol–water partition coefficient (Wildman–Crippen LogP) is 3.40. The highest BCUT2D eigenvalue weighted by atomic mass is 35.5. The molecule has 22 heavy (non-hydrogen) atoms. The van der Waals surface area contributed by atoms with E-state index in [0.717, 1.165) is 24.8 Å². The Bertz CT molecular complexity index is 479. The second-order valence-electron chi connectivity index (χ2n) is 7.20. The first-order chi connectivity index (χ1) is 9.91. The summed E-state index contributed by atoms with van der Waals surface area (Å²) >= 11 is 0. The Morgan fingerprint density at radius 2 is 1.86 bits per heavy atom. The molecule has 0 radical (unpaired) electrons. The Labute approximate surface area is 140 Å². The van der Waals surface area contributed by atoms with Crippen molar-refractivity contribution < 1.29 is 4.79 Å². The molecule has 0 aliphatic heterocycles. The lowest BCUT2D eigenvalue weighted by Gasteiger charge is -2.20. The average Bonchev–Trinajstić information content (AvgIpc) is 2.92. The fourth-order valence-electron chi connectivity index (χ4n) is 3.11. The Morgan fingerprint density at radius 3 is 2.41 bits per heavy atom. The number of benzene rings is 1. The lowest BCUT2D eigenvalue weighted by molar-refractivity contribution is -0.126. The summed E-state index contributed by atoms with van der Waals surface area (Å²) in [6, 6.07) is 8.52. The van der Waals surface area contributed by atoms with E-state index in [1.54, 1.807) is 0 Å². The molecule has 0 aromatic heterocycles. The molecule has 2 atom stereocenters. The predicted molar refractivity (Wildman–Crippen MR) is 94.1 cm³/mol. The van der Waals surface area contributed by atoms with Crippen LogP contribution < -0.4 is 11.1 Å². The largest absolute Gasteiger partial charge is 0.352 e. The van der Waals surface area contributed by atoms with Crippen molar-refractivity contribution in [2.24, 2.45) is 17.6 Å². The molecule has 3 nitrogen and oxygen atoms in total. The maximum atomic E-state index is 12.2.